The molecule has 0 spiro atoms. The van der Waals surface area contributed by atoms with Crippen LogP contribution in [-0.2, 0) is 9.59 Å². The van der Waals surface area contributed by atoms with Crippen LogP contribution in [0.1, 0.15) is 34.1 Å². The number of nitro benzene ring substituents is 1. The second-order valence-corrected chi connectivity index (χ2v) is 8.43. The van der Waals surface area contributed by atoms with Crippen LogP contribution in [0.25, 0.3) is 0 Å². The van der Waals surface area contributed by atoms with Gasteiger partial charge in [-0.15, -0.1) is 0 Å². The fourth-order valence-corrected chi connectivity index (χ4v) is 4.56. The van der Waals surface area contributed by atoms with Crippen LogP contribution >= 0.6 is 0 Å². The molecular weight excluding hydrogens is 454 g/mol. The molecule has 0 N–H and O–H groups in total. The number of hydrogen-bond donors (Lipinski definition) is 0. The van der Waals surface area contributed by atoms with Gasteiger partial charge in [0.05, 0.1) is 23.9 Å². The number of ether oxygens (including phenoxy) is 1. The van der Waals surface area contributed by atoms with Crippen molar-refractivity contribution < 1.29 is 28.8 Å². The minimum atomic E-state index is -0.986. The smallest absolute Gasteiger partial charge is 0.282 e. The maximum Gasteiger partial charge on any atom is 0.282 e. The highest BCUT2D eigenvalue weighted by molar-refractivity contribution is 6.10. The van der Waals surface area contributed by atoms with Crippen molar-refractivity contribution >= 4 is 29.2 Å². The van der Waals surface area contributed by atoms with Gasteiger partial charge >= 0.3 is 0 Å². The lowest BCUT2D eigenvalue weighted by Crippen LogP contribution is -2.52. The Morgan fingerprint density at radius 3 is 2.43 bits per heavy atom. The molecule has 0 bridgehead atoms. The summed E-state index contributed by atoms with van der Waals surface area (Å²) in [5.74, 6) is -3.82. The Kier molecular flexibility index (Phi) is 6.46. The topological polar surface area (TPSA) is 127 Å². The molecule has 0 aromatic heterocycles. The number of carbonyl (C=O) groups excluding carboxylic acids is 4. The van der Waals surface area contributed by atoms with Gasteiger partial charge in [0.25, 0.3) is 23.4 Å². The monoisotopic (exact) mass is 477 g/mol. The summed E-state index contributed by atoms with van der Waals surface area (Å²) in [6.07, 6.45) is 3.99. The summed E-state index contributed by atoms with van der Waals surface area (Å²) in [4.78, 5) is 64.2. The van der Waals surface area contributed by atoms with Gasteiger partial charge in [-0.3, -0.25) is 29.3 Å². The van der Waals surface area contributed by atoms with Gasteiger partial charge in [-0.1, -0.05) is 31.2 Å². The highest BCUT2D eigenvalue weighted by atomic mass is 16.6. The quantitative estimate of drug-likeness (QED) is 0.197. The zero-order valence-electron chi connectivity index (χ0n) is 19.1. The first-order valence-electron chi connectivity index (χ1n) is 11.0. The molecule has 180 valence electrons. The third kappa shape index (κ3) is 4.30. The molecule has 2 aliphatic rings. The van der Waals surface area contributed by atoms with Crippen LogP contribution in [-0.4, -0.2) is 52.1 Å². The van der Waals surface area contributed by atoms with Crippen molar-refractivity contribution in [3.63, 3.8) is 0 Å². The molecule has 1 heterocycles. The van der Waals surface area contributed by atoms with Gasteiger partial charge < -0.3 is 4.74 Å². The predicted octanol–water partition coefficient (Wildman–Crippen LogP) is 3.04. The van der Waals surface area contributed by atoms with Crippen molar-refractivity contribution in [3.8, 4) is 5.75 Å². The Morgan fingerprint density at radius 2 is 1.80 bits per heavy atom. The normalized spacial score (nSPS) is 21.0. The molecule has 1 aliphatic heterocycles. The van der Waals surface area contributed by atoms with E-state index in [2.05, 4.69) is 0 Å². The number of hydrogen-bond acceptors (Lipinski definition) is 7. The summed E-state index contributed by atoms with van der Waals surface area (Å²) in [5.41, 5.74) is -0.606. The second-order valence-electron chi connectivity index (χ2n) is 8.43. The van der Waals surface area contributed by atoms with E-state index in [9.17, 15) is 29.3 Å². The molecule has 10 nitrogen and oxygen atoms in total. The summed E-state index contributed by atoms with van der Waals surface area (Å²) in [6.45, 7) is 1.15. The number of fused-ring (bicyclic) bond motifs is 1. The van der Waals surface area contributed by atoms with Crippen molar-refractivity contribution in [3.05, 3.63) is 81.9 Å². The minimum Gasteiger partial charge on any atom is -0.497 e. The van der Waals surface area contributed by atoms with E-state index >= 15 is 0 Å². The first-order valence-corrected chi connectivity index (χ1v) is 11.0. The minimum absolute atomic E-state index is 0.220. The second kappa shape index (κ2) is 9.49. The SMILES string of the molecule is COc1ccc(C(=O)CN(C(=O)c2ccccc2[N+](=O)[O-])N2C(=O)[C@@H]3[C@H](C)C=CC[C@H]3C2=O)cc1. The number of methoxy groups -OCH3 is 1. The Bertz CT molecular complexity index is 1240. The van der Waals surface area contributed by atoms with Gasteiger partial charge in [-0.25, -0.2) is 5.01 Å². The maximum absolute atomic E-state index is 13.6. The summed E-state index contributed by atoms with van der Waals surface area (Å²) in [6, 6.07) is 11.3. The van der Waals surface area contributed by atoms with Gasteiger partial charge in [0, 0.05) is 11.6 Å². The van der Waals surface area contributed by atoms with Gasteiger partial charge in [-0.2, -0.15) is 5.01 Å². The molecule has 10 heteroatoms. The van der Waals surface area contributed by atoms with Crippen LogP contribution in [0.15, 0.2) is 60.7 Å². The van der Waals surface area contributed by atoms with Gasteiger partial charge in [0.2, 0.25) is 0 Å². The summed E-state index contributed by atoms with van der Waals surface area (Å²) in [7, 11) is 1.48. The van der Waals surface area contributed by atoms with Crippen molar-refractivity contribution in [2.45, 2.75) is 13.3 Å². The first kappa shape index (κ1) is 23.8. The lowest BCUT2D eigenvalue weighted by Gasteiger charge is -2.30. The number of nitrogens with zero attached hydrogens (tertiary/aromatic N) is 3. The van der Waals surface area contributed by atoms with E-state index in [0.29, 0.717) is 17.2 Å². The molecule has 4 rings (SSSR count). The first-order chi connectivity index (χ1) is 16.7. The van der Waals surface area contributed by atoms with Crippen molar-refractivity contribution in [2.24, 2.45) is 17.8 Å². The number of allylic oxidation sites excluding steroid dienone is 2. The molecular formula is C25H23N3O7. The molecule has 1 fully saturated rings. The molecule has 2 aromatic carbocycles. The molecule has 0 unspecified atom stereocenters. The Labute approximate surface area is 200 Å². The van der Waals surface area contributed by atoms with E-state index in [1.54, 1.807) is 19.1 Å². The number of nitro groups is 1. The van der Waals surface area contributed by atoms with E-state index in [0.717, 1.165) is 11.1 Å². The van der Waals surface area contributed by atoms with E-state index in [-0.39, 0.29) is 17.0 Å². The zero-order valence-corrected chi connectivity index (χ0v) is 19.1. The molecule has 1 aliphatic carbocycles. The molecule has 0 radical (unpaired) electrons. The van der Waals surface area contributed by atoms with Crippen LogP contribution in [0.2, 0.25) is 0 Å². The fraction of sp³-hybridized carbons (Fsp3) is 0.280. The lowest BCUT2D eigenvalue weighted by molar-refractivity contribution is -0.385. The fourth-order valence-electron chi connectivity index (χ4n) is 4.56. The average molecular weight is 477 g/mol. The largest absolute Gasteiger partial charge is 0.497 e. The number of imide groups is 1. The van der Waals surface area contributed by atoms with Crippen LogP contribution in [0.3, 0.4) is 0 Å². The number of benzene rings is 2. The Hall–Kier alpha value is -4.34. The number of carbonyl (C=O) groups is 4. The highest BCUT2D eigenvalue weighted by Gasteiger charge is 2.53. The number of hydrazine groups is 1. The number of rotatable bonds is 7. The number of para-hydroxylation sites is 1. The van der Waals surface area contributed by atoms with Crippen LogP contribution in [0.5, 0.6) is 5.75 Å². The Morgan fingerprint density at radius 1 is 1.11 bits per heavy atom. The van der Waals surface area contributed by atoms with E-state index in [1.165, 1.54) is 37.4 Å². The molecule has 3 amide bonds. The molecule has 1 saturated heterocycles. The van der Waals surface area contributed by atoms with Crippen LogP contribution < -0.4 is 4.74 Å². The van der Waals surface area contributed by atoms with Crippen molar-refractivity contribution in [2.75, 3.05) is 13.7 Å². The highest BCUT2D eigenvalue weighted by Crippen LogP contribution is 2.39. The summed E-state index contributed by atoms with van der Waals surface area (Å²) < 4.78 is 5.09. The standard InChI is InChI=1S/C25H23N3O7/c1-15-6-5-8-19-22(15)25(32)27(24(19)31)26(14-21(29)16-10-12-17(35-2)13-11-16)23(30)18-7-3-4-9-20(18)28(33)34/h3-7,9-13,15,19,22H,8,14H2,1-2H3/t15-,19-,22-/m1/s1. The predicted molar refractivity (Wildman–Crippen MR) is 123 cm³/mol. The Balaban J connectivity index is 1.74. The molecule has 2 aromatic rings. The zero-order chi connectivity index (χ0) is 25.3. The van der Waals surface area contributed by atoms with Crippen LogP contribution in [0, 0.1) is 27.9 Å². The van der Waals surface area contributed by atoms with E-state index in [1.807, 2.05) is 12.2 Å². The van der Waals surface area contributed by atoms with Gasteiger partial charge in [-0.05, 0) is 42.7 Å². The van der Waals surface area contributed by atoms with Gasteiger partial charge in [0.1, 0.15) is 17.9 Å². The van der Waals surface area contributed by atoms with E-state index in [4.69, 9.17) is 4.74 Å². The maximum atomic E-state index is 13.6. The van der Waals surface area contributed by atoms with Gasteiger partial charge in [0.15, 0.2) is 5.78 Å². The average Bonchev–Trinajstić information content (AvgIpc) is 3.12. The third-order valence-electron chi connectivity index (χ3n) is 6.36. The number of ketones is 1. The molecule has 3 atom stereocenters. The molecule has 0 saturated carbocycles. The summed E-state index contributed by atoms with van der Waals surface area (Å²) in [5, 5.41) is 13.0. The van der Waals surface area contributed by atoms with Crippen LogP contribution in [0.4, 0.5) is 5.69 Å². The van der Waals surface area contributed by atoms with E-state index < -0.39 is 52.5 Å². The number of amides is 3. The number of Topliss-reactive ketones (excluding diaryl/α,β-unsaturated/α-hetero) is 1. The molecule has 35 heavy (non-hydrogen) atoms. The lowest BCUT2D eigenvalue weighted by atomic mass is 9.78. The van der Waals surface area contributed by atoms with Crippen molar-refractivity contribution in [1.82, 2.24) is 10.0 Å². The van der Waals surface area contributed by atoms with Crippen molar-refractivity contribution in [1.29, 1.82) is 0 Å². The summed E-state index contributed by atoms with van der Waals surface area (Å²) >= 11 is 0. The third-order valence-corrected chi connectivity index (χ3v) is 6.36.